The number of rotatable bonds is 3. The van der Waals surface area contributed by atoms with E-state index in [1.165, 1.54) is 0 Å². The van der Waals surface area contributed by atoms with E-state index in [1.54, 1.807) is 4.90 Å². The number of urea groups is 1. The van der Waals surface area contributed by atoms with Crippen LogP contribution in [0.4, 0.5) is 4.79 Å². The molecule has 1 aliphatic rings. The molecule has 1 heterocycles. The second kappa shape index (κ2) is 3.76. The summed E-state index contributed by atoms with van der Waals surface area (Å²) in [6.45, 7) is 5.37. The van der Waals surface area contributed by atoms with E-state index in [0.717, 1.165) is 13.0 Å². The highest BCUT2D eigenvalue weighted by molar-refractivity contribution is 5.77. The molecule has 3 N–H and O–H groups in total. The van der Waals surface area contributed by atoms with Crippen molar-refractivity contribution >= 4 is 6.03 Å². The maximum absolute atomic E-state index is 11.3. The van der Waals surface area contributed by atoms with Gasteiger partial charge in [0, 0.05) is 25.2 Å². The van der Waals surface area contributed by atoms with Crippen LogP contribution < -0.4 is 11.1 Å². The van der Waals surface area contributed by atoms with E-state index >= 15 is 0 Å². The van der Waals surface area contributed by atoms with Gasteiger partial charge < -0.3 is 16.0 Å². The molecular weight excluding hydrogens is 154 g/mol. The van der Waals surface area contributed by atoms with E-state index in [4.69, 9.17) is 5.73 Å². The van der Waals surface area contributed by atoms with Gasteiger partial charge in [-0.05, 0) is 13.3 Å². The molecule has 1 rings (SSSR count). The third-order valence-electron chi connectivity index (χ3n) is 2.37. The maximum atomic E-state index is 11.3. The van der Waals surface area contributed by atoms with Crippen molar-refractivity contribution in [1.82, 2.24) is 10.2 Å². The lowest BCUT2D eigenvalue weighted by Crippen LogP contribution is -2.40. The first-order chi connectivity index (χ1) is 5.69. The van der Waals surface area contributed by atoms with Crippen molar-refractivity contribution in [3.05, 3.63) is 0 Å². The van der Waals surface area contributed by atoms with Gasteiger partial charge in [-0.2, -0.15) is 0 Å². The Hall–Kier alpha value is -0.770. The van der Waals surface area contributed by atoms with Crippen molar-refractivity contribution < 1.29 is 4.79 Å². The summed E-state index contributed by atoms with van der Waals surface area (Å²) >= 11 is 0. The van der Waals surface area contributed by atoms with Crippen molar-refractivity contribution in [3.63, 3.8) is 0 Å². The monoisotopic (exact) mass is 171 g/mol. The fourth-order valence-electron chi connectivity index (χ4n) is 1.36. The van der Waals surface area contributed by atoms with Gasteiger partial charge in [-0.25, -0.2) is 4.79 Å². The number of hydrogen-bond acceptors (Lipinski definition) is 2. The number of nitrogens with one attached hydrogen (secondary N) is 1. The average molecular weight is 171 g/mol. The Labute approximate surface area is 73.1 Å². The first-order valence-corrected chi connectivity index (χ1v) is 4.46. The molecule has 1 fully saturated rings. The van der Waals surface area contributed by atoms with E-state index in [9.17, 15) is 4.79 Å². The van der Waals surface area contributed by atoms with Gasteiger partial charge in [-0.3, -0.25) is 0 Å². The lowest BCUT2D eigenvalue weighted by molar-refractivity contribution is 0.203. The quantitative estimate of drug-likeness (QED) is 0.634. The van der Waals surface area contributed by atoms with Gasteiger partial charge in [0.05, 0.1) is 0 Å². The van der Waals surface area contributed by atoms with Crippen LogP contribution in [0.15, 0.2) is 0 Å². The molecule has 0 aromatic rings. The minimum absolute atomic E-state index is 0.0276. The van der Waals surface area contributed by atoms with Gasteiger partial charge in [0.15, 0.2) is 0 Å². The minimum Gasteiger partial charge on any atom is -0.333 e. The molecule has 2 atom stereocenters. The van der Waals surface area contributed by atoms with Crippen LogP contribution in [-0.4, -0.2) is 36.1 Å². The number of hydrogen-bond donors (Lipinski definition) is 2. The van der Waals surface area contributed by atoms with Crippen molar-refractivity contribution in [3.8, 4) is 0 Å². The van der Waals surface area contributed by atoms with E-state index in [0.29, 0.717) is 12.6 Å². The zero-order valence-corrected chi connectivity index (χ0v) is 7.71. The molecule has 70 valence electrons. The summed E-state index contributed by atoms with van der Waals surface area (Å²) in [5.74, 6) is 0. The Bertz CT molecular complexity index is 172. The standard InChI is InChI=1S/C8H17N3O/c1-3-7-5-11(6(2)4-9)8(12)10-7/h6-7H,3-5,9H2,1-2H3,(H,10,12). The first kappa shape index (κ1) is 9.32. The van der Waals surface area contributed by atoms with Crippen LogP contribution >= 0.6 is 0 Å². The predicted molar refractivity (Wildman–Crippen MR) is 47.8 cm³/mol. The third kappa shape index (κ3) is 1.69. The summed E-state index contributed by atoms with van der Waals surface area (Å²) in [5, 5.41) is 2.90. The molecule has 1 saturated heterocycles. The van der Waals surface area contributed by atoms with Crippen LogP contribution in [0.25, 0.3) is 0 Å². The lowest BCUT2D eigenvalue weighted by Gasteiger charge is -2.21. The zero-order valence-electron chi connectivity index (χ0n) is 7.71. The van der Waals surface area contributed by atoms with Gasteiger partial charge >= 0.3 is 6.03 Å². The minimum atomic E-state index is 0.0276. The van der Waals surface area contributed by atoms with Crippen LogP contribution in [0.3, 0.4) is 0 Å². The van der Waals surface area contributed by atoms with Crippen molar-refractivity contribution in [2.75, 3.05) is 13.1 Å². The molecule has 0 bridgehead atoms. The van der Waals surface area contributed by atoms with E-state index in [1.807, 2.05) is 6.92 Å². The highest BCUT2D eigenvalue weighted by atomic mass is 16.2. The molecular formula is C8H17N3O. The molecule has 12 heavy (non-hydrogen) atoms. The molecule has 0 saturated carbocycles. The summed E-state index contributed by atoms with van der Waals surface area (Å²) in [6.07, 6.45) is 0.986. The number of carbonyl (C=O) groups excluding carboxylic acids is 1. The van der Waals surface area contributed by atoms with Gasteiger partial charge in [0.2, 0.25) is 0 Å². The molecule has 1 aliphatic heterocycles. The smallest absolute Gasteiger partial charge is 0.318 e. The van der Waals surface area contributed by atoms with Gasteiger partial charge in [0.1, 0.15) is 0 Å². The van der Waals surface area contributed by atoms with Gasteiger partial charge in [-0.15, -0.1) is 0 Å². The molecule has 0 spiro atoms. The van der Waals surface area contributed by atoms with Gasteiger partial charge in [0.25, 0.3) is 0 Å². The Kier molecular flexibility index (Phi) is 2.92. The van der Waals surface area contributed by atoms with Crippen molar-refractivity contribution in [1.29, 1.82) is 0 Å². The fourth-order valence-corrected chi connectivity index (χ4v) is 1.36. The van der Waals surface area contributed by atoms with Crippen molar-refractivity contribution in [2.45, 2.75) is 32.4 Å². The molecule has 4 nitrogen and oxygen atoms in total. The second-order valence-corrected chi connectivity index (χ2v) is 3.29. The fraction of sp³-hybridized carbons (Fsp3) is 0.875. The molecule has 2 amide bonds. The summed E-state index contributed by atoms with van der Waals surface area (Å²) in [7, 11) is 0. The normalized spacial score (nSPS) is 25.8. The average Bonchev–Trinajstić information content (AvgIpc) is 2.45. The highest BCUT2D eigenvalue weighted by Crippen LogP contribution is 2.09. The summed E-state index contributed by atoms with van der Waals surface area (Å²) in [6, 6.07) is 0.493. The van der Waals surface area contributed by atoms with Crippen LogP contribution in [0, 0.1) is 0 Å². The first-order valence-electron chi connectivity index (χ1n) is 4.46. The second-order valence-electron chi connectivity index (χ2n) is 3.29. The van der Waals surface area contributed by atoms with Gasteiger partial charge in [-0.1, -0.05) is 6.92 Å². The Morgan fingerprint density at radius 1 is 1.83 bits per heavy atom. The Morgan fingerprint density at radius 2 is 2.50 bits per heavy atom. The Balaban J connectivity index is 2.51. The predicted octanol–water partition coefficient (Wildman–Crippen LogP) is 0.137. The van der Waals surface area contributed by atoms with Crippen molar-refractivity contribution in [2.24, 2.45) is 5.73 Å². The van der Waals surface area contributed by atoms with Crippen LogP contribution in [-0.2, 0) is 0 Å². The zero-order chi connectivity index (χ0) is 9.14. The molecule has 2 unspecified atom stereocenters. The molecule has 0 radical (unpaired) electrons. The summed E-state index contributed by atoms with van der Waals surface area (Å²) in [4.78, 5) is 13.1. The highest BCUT2D eigenvalue weighted by Gasteiger charge is 2.29. The topological polar surface area (TPSA) is 58.4 Å². The number of carbonyl (C=O) groups is 1. The SMILES string of the molecule is CCC1CN(C(C)CN)C(=O)N1. The summed E-state index contributed by atoms with van der Waals surface area (Å²) in [5.41, 5.74) is 5.48. The molecule has 0 aromatic carbocycles. The van der Waals surface area contributed by atoms with E-state index < -0.39 is 0 Å². The maximum Gasteiger partial charge on any atom is 0.318 e. The van der Waals surface area contributed by atoms with Crippen LogP contribution in [0.2, 0.25) is 0 Å². The Morgan fingerprint density at radius 3 is 2.92 bits per heavy atom. The van der Waals surface area contributed by atoms with E-state index in [2.05, 4.69) is 12.2 Å². The van der Waals surface area contributed by atoms with Crippen LogP contribution in [0.1, 0.15) is 20.3 Å². The molecule has 0 aliphatic carbocycles. The number of nitrogens with zero attached hydrogens (tertiary/aromatic N) is 1. The number of nitrogens with two attached hydrogens (primary N) is 1. The van der Waals surface area contributed by atoms with E-state index in [-0.39, 0.29) is 12.1 Å². The molecule has 4 heteroatoms. The van der Waals surface area contributed by atoms with Crippen LogP contribution in [0.5, 0.6) is 0 Å². The summed E-state index contributed by atoms with van der Waals surface area (Å²) < 4.78 is 0. The third-order valence-corrected chi connectivity index (χ3v) is 2.37. The molecule has 0 aromatic heterocycles. The number of amides is 2. The largest absolute Gasteiger partial charge is 0.333 e. The lowest BCUT2D eigenvalue weighted by atomic mass is 10.2.